The fourth-order valence-electron chi connectivity index (χ4n) is 3.18. The number of rotatable bonds is 3. The summed E-state index contributed by atoms with van der Waals surface area (Å²) in [6, 6.07) is 6.86. The van der Waals surface area contributed by atoms with Crippen molar-refractivity contribution in [1.29, 1.82) is 0 Å². The van der Waals surface area contributed by atoms with E-state index < -0.39 is 0 Å². The van der Waals surface area contributed by atoms with Gasteiger partial charge in [0.05, 0.1) is 13.2 Å². The minimum Gasteiger partial charge on any atom is -0.497 e. The maximum absolute atomic E-state index is 9.55. The Bertz CT molecular complexity index is 455. The van der Waals surface area contributed by atoms with Gasteiger partial charge in [0.25, 0.3) is 0 Å². The van der Waals surface area contributed by atoms with E-state index in [-0.39, 0.29) is 6.10 Å². The van der Waals surface area contributed by atoms with Gasteiger partial charge in [0.1, 0.15) is 18.1 Å². The van der Waals surface area contributed by atoms with E-state index in [1.165, 1.54) is 5.56 Å². The van der Waals surface area contributed by atoms with Crippen LogP contribution >= 0.6 is 0 Å². The summed E-state index contributed by atoms with van der Waals surface area (Å²) < 4.78 is 11.1. The van der Waals surface area contributed by atoms with Crippen LogP contribution in [0.5, 0.6) is 11.5 Å². The molecular formula is C16H23NO3. The van der Waals surface area contributed by atoms with Crippen LogP contribution in [-0.4, -0.2) is 37.0 Å². The first-order chi connectivity index (χ1) is 9.74. The zero-order valence-corrected chi connectivity index (χ0v) is 12.0. The van der Waals surface area contributed by atoms with E-state index in [9.17, 15) is 5.11 Å². The number of methoxy groups -OCH3 is 1. The van der Waals surface area contributed by atoms with Gasteiger partial charge in [-0.25, -0.2) is 0 Å². The van der Waals surface area contributed by atoms with Crippen LogP contribution in [0.25, 0.3) is 0 Å². The quantitative estimate of drug-likeness (QED) is 0.886. The minimum atomic E-state index is -0.0966. The standard InChI is InChI=1S/C16H23NO3/c1-19-15-6-7-16-11(9-15)8-13(10-20-16)17-12-2-4-14(18)5-3-12/h6-7,9,12-14,17-18H,2-5,8,10H2,1H3. The van der Waals surface area contributed by atoms with Crippen LogP contribution in [0.15, 0.2) is 18.2 Å². The lowest BCUT2D eigenvalue weighted by molar-refractivity contribution is 0.110. The van der Waals surface area contributed by atoms with Gasteiger partial charge < -0.3 is 19.9 Å². The molecule has 0 bridgehead atoms. The summed E-state index contributed by atoms with van der Waals surface area (Å²) in [5, 5.41) is 13.2. The lowest BCUT2D eigenvalue weighted by atomic mass is 9.91. The number of hydrogen-bond acceptors (Lipinski definition) is 4. The third-order valence-corrected chi connectivity index (χ3v) is 4.34. The van der Waals surface area contributed by atoms with Crippen molar-refractivity contribution in [3.8, 4) is 11.5 Å². The number of benzene rings is 1. The molecule has 1 heterocycles. The molecule has 0 aromatic heterocycles. The summed E-state index contributed by atoms with van der Waals surface area (Å²) in [7, 11) is 1.69. The molecule has 4 heteroatoms. The highest BCUT2D eigenvalue weighted by Gasteiger charge is 2.25. The molecule has 0 radical (unpaired) electrons. The fraction of sp³-hybridized carbons (Fsp3) is 0.625. The molecular weight excluding hydrogens is 254 g/mol. The van der Waals surface area contributed by atoms with Gasteiger partial charge in [0, 0.05) is 12.1 Å². The molecule has 0 amide bonds. The summed E-state index contributed by atoms with van der Waals surface area (Å²) in [6.07, 6.45) is 4.82. The molecule has 1 fully saturated rings. The van der Waals surface area contributed by atoms with Gasteiger partial charge in [-0.2, -0.15) is 0 Å². The first kappa shape index (κ1) is 13.7. The summed E-state index contributed by atoms with van der Waals surface area (Å²) in [5.74, 6) is 1.86. The highest BCUT2D eigenvalue weighted by atomic mass is 16.5. The molecule has 1 aromatic carbocycles. The molecule has 1 aliphatic carbocycles. The summed E-state index contributed by atoms with van der Waals surface area (Å²) in [6.45, 7) is 0.721. The van der Waals surface area contributed by atoms with E-state index in [4.69, 9.17) is 9.47 Å². The lowest BCUT2D eigenvalue weighted by Gasteiger charge is -2.33. The Morgan fingerprint density at radius 3 is 2.75 bits per heavy atom. The first-order valence-corrected chi connectivity index (χ1v) is 7.48. The second-order valence-electron chi connectivity index (χ2n) is 5.86. The Labute approximate surface area is 120 Å². The zero-order valence-electron chi connectivity index (χ0n) is 12.0. The monoisotopic (exact) mass is 277 g/mol. The smallest absolute Gasteiger partial charge is 0.122 e. The van der Waals surface area contributed by atoms with E-state index in [1.54, 1.807) is 7.11 Å². The average molecular weight is 277 g/mol. The zero-order chi connectivity index (χ0) is 13.9. The van der Waals surface area contributed by atoms with E-state index in [0.29, 0.717) is 12.1 Å². The van der Waals surface area contributed by atoms with Gasteiger partial charge in [-0.05, 0) is 55.9 Å². The molecule has 20 heavy (non-hydrogen) atoms. The van der Waals surface area contributed by atoms with Gasteiger partial charge in [0.2, 0.25) is 0 Å². The van der Waals surface area contributed by atoms with Crippen molar-refractivity contribution in [3.05, 3.63) is 23.8 Å². The average Bonchev–Trinajstić information content (AvgIpc) is 2.49. The Hall–Kier alpha value is -1.26. The molecule has 2 aliphatic rings. The molecule has 3 rings (SSSR count). The van der Waals surface area contributed by atoms with Crippen molar-refractivity contribution in [3.63, 3.8) is 0 Å². The Balaban J connectivity index is 1.60. The number of nitrogens with one attached hydrogen (secondary N) is 1. The van der Waals surface area contributed by atoms with Crippen molar-refractivity contribution in [1.82, 2.24) is 5.32 Å². The molecule has 110 valence electrons. The first-order valence-electron chi connectivity index (χ1n) is 7.48. The second kappa shape index (κ2) is 6.02. The third-order valence-electron chi connectivity index (χ3n) is 4.34. The highest BCUT2D eigenvalue weighted by molar-refractivity contribution is 5.42. The van der Waals surface area contributed by atoms with Crippen LogP contribution in [0.4, 0.5) is 0 Å². The lowest BCUT2D eigenvalue weighted by Crippen LogP contribution is -2.46. The second-order valence-corrected chi connectivity index (χ2v) is 5.86. The van der Waals surface area contributed by atoms with Crippen LogP contribution < -0.4 is 14.8 Å². The van der Waals surface area contributed by atoms with Gasteiger partial charge in [-0.15, -0.1) is 0 Å². The predicted molar refractivity (Wildman–Crippen MR) is 77.4 cm³/mol. The fourth-order valence-corrected chi connectivity index (χ4v) is 3.18. The number of hydrogen-bond donors (Lipinski definition) is 2. The van der Waals surface area contributed by atoms with E-state index in [1.807, 2.05) is 12.1 Å². The Morgan fingerprint density at radius 2 is 2.00 bits per heavy atom. The van der Waals surface area contributed by atoms with Gasteiger partial charge in [-0.1, -0.05) is 0 Å². The number of aliphatic hydroxyl groups excluding tert-OH is 1. The number of fused-ring (bicyclic) bond motifs is 1. The van der Waals surface area contributed by atoms with Crippen LogP contribution in [0.2, 0.25) is 0 Å². The van der Waals surface area contributed by atoms with Crippen molar-refractivity contribution in [2.75, 3.05) is 13.7 Å². The van der Waals surface area contributed by atoms with Crippen LogP contribution in [0.1, 0.15) is 31.2 Å². The summed E-state index contributed by atoms with van der Waals surface area (Å²) in [4.78, 5) is 0. The molecule has 2 N–H and O–H groups in total. The van der Waals surface area contributed by atoms with Gasteiger partial charge in [0.15, 0.2) is 0 Å². The van der Waals surface area contributed by atoms with Crippen LogP contribution in [-0.2, 0) is 6.42 Å². The molecule has 0 spiro atoms. The molecule has 1 aliphatic heterocycles. The normalized spacial score (nSPS) is 29.4. The summed E-state index contributed by atoms with van der Waals surface area (Å²) in [5.41, 5.74) is 1.21. The maximum atomic E-state index is 9.55. The van der Waals surface area contributed by atoms with Crippen LogP contribution in [0, 0.1) is 0 Å². The van der Waals surface area contributed by atoms with Crippen LogP contribution in [0.3, 0.4) is 0 Å². The third kappa shape index (κ3) is 3.07. The largest absolute Gasteiger partial charge is 0.497 e. The predicted octanol–water partition coefficient (Wildman–Crippen LogP) is 1.89. The van der Waals surface area contributed by atoms with Crippen molar-refractivity contribution in [2.24, 2.45) is 0 Å². The highest BCUT2D eigenvalue weighted by Crippen LogP contribution is 2.29. The number of ether oxygens (including phenoxy) is 2. The molecule has 0 saturated heterocycles. The topological polar surface area (TPSA) is 50.7 Å². The van der Waals surface area contributed by atoms with Gasteiger partial charge in [-0.3, -0.25) is 0 Å². The SMILES string of the molecule is COc1ccc2c(c1)CC(NC1CCC(O)CC1)CO2. The molecule has 1 aromatic rings. The van der Waals surface area contributed by atoms with Crippen molar-refractivity contribution < 1.29 is 14.6 Å². The molecule has 1 unspecified atom stereocenters. The summed E-state index contributed by atoms with van der Waals surface area (Å²) >= 11 is 0. The molecule has 1 saturated carbocycles. The maximum Gasteiger partial charge on any atom is 0.122 e. The molecule has 1 atom stereocenters. The van der Waals surface area contributed by atoms with E-state index >= 15 is 0 Å². The Morgan fingerprint density at radius 1 is 1.20 bits per heavy atom. The Kier molecular flexibility index (Phi) is 4.13. The van der Waals surface area contributed by atoms with Crippen molar-refractivity contribution >= 4 is 0 Å². The van der Waals surface area contributed by atoms with Crippen molar-refractivity contribution in [2.45, 2.75) is 50.3 Å². The van der Waals surface area contributed by atoms with Gasteiger partial charge >= 0.3 is 0 Å². The number of aliphatic hydroxyl groups is 1. The minimum absolute atomic E-state index is 0.0966. The van der Waals surface area contributed by atoms with E-state index in [0.717, 1.165) is 50.2 Å². The molecule has 4 nitrogen and oxygen atoms in total. The van der Waals surface area contributed by atoms with E-state index in [2.05, 4.69) is 11.4 Å².